The third-order valence-corrected chi connectivity index (χ3v) is 12.6. The van der Waals surface area contributed by atoms with E-state index in [1.807, 2.05) is 0 Å². The molecule has 0 radical (unpaired) electrons. The largest absolute Gasteiger partial charge is 0.462 e. The molecule has 0 saturated carbocycles. The number of rotatable bonds is 49. The van der Waals surface area contributed by atoms with E-state index in [4.69, 9.17) is 14.2 Å². The zero-order chi connectivity index (χ0) is 45.6. The first kappa shape index (κ1) is 60.4. The lowest BCUT2D eigenvalue weighted by Gasteiger charge is -2.18. The van der Waals surface area contributed by atoms with Crippen LogP contribution in [0.15, 0.2) is 0 Å². The molecule has 0 saturated heterocycles. The molecule has 0 bridgehead atoms. The van der Waals surface area contributed by atoms with Gasteiger partial charge in [-0.3, -0.25) is 14.4 Å². The number of unbranched alkanes of at least 4 members (excludes halogenated alkanes) is 32. The van der Waals surface area contributed by atoms with Gasteiger partial charge in [-0.05, 0) is 37.0 Å². The summed E-state index contributed by atoms with van der Waals surface area (Å²) in [6, 6.07) is 0. The summed E-state index contributed by atoms with van der Waals surface area (Å²) in [5.74, 6) is 1.63. The second kappa shape index (κ2) is 47.4. The van der Waals surface area contributed by atoms with Crippen molar-refractivity contribution >= 4 is 17.9 Å². The molecule has 0 spiro atoms. The Morgan fingerprint density at radius 1 is 0.274 bits per heavy atom. The fourth-order valence-electron chi connectivity index (χ4n) is 8.47. The monoisotopic (exact) mass is 877 g/mol. The molecule has 6 heteroatoms. The van der Waals surface area contributed by atoms with E-state index in [0.29, 0.717) is 19.3 Å². The van der Waals surface area contributed by atoms with Crippen LogP contribution in [0.5, 0.6) is 0 Å². The number of esters is 3. The first-order valence-corrected chi connectivity index (χ1v) is 27.6. The molecule has 0 fully saturated rings. The molecule has 0 aliphatic rings. The lowest BCUT2D eigenvalue weighted by atomic mass is 10.0. The van der Waals surface area contributed by atoms with E-state index in [0.717, 1.165) is 75.5 Å². The third-order valence-electron chi connectivity index (χ3n) is 12.6. The van der Waals surface area contributed by atoms with Crippen LogP contribution in [0.1, 0.15) is 305 Å². The van der Waals surface area contributed by atoms with E-state index < -0.39 is 6.10 Å². The highest BCUT2D eigenvalue weighted by atomic mass is 16.6. The zero-order valence-corrected chi connectivity index (χ0v) is 42.7. The number of ether oxygens (including phenoxy) is 3. The molecule has 62 heavy (non-hydrogen) atoms. The Bertz CT molecular complexity index is 960. The number of carbonyl (C=O) groups is 3. The van der Waals surface area contributed by atoms with Gasteiger partial charge in [0.05, 0.1) is 0 Å². The quantitative estimate of drug-likeness (QED) is 0.0344. The van der Waals surface area contributed by atoms with Crippen molar-refractivity contribution in [1.82, 2.24) is 0 Å². The summed E-state index contributed by atoms with van der Waals surface area (Å²) in [7, 11) is 0. The number of carbonyl (C=O) groups excluding carboxylic acids is 3. The first-order chi connectivity index (χ1) is 30.1. The highest BCUT2D eigenvalue weighted by molar-refractivity contribution is 5.71. The van der Waals surface area contributed by atoms with Crippen LogP contribution in [0.4, 0.5) is 0 Å². The van der Waals surface area contributed by atoms with Crippen LogP contribution in [0.2, 0.25) is 0 Å². The van der Waals surface area contributed by atoms with E-state index in [2.05, 4.69) is 41.5 Å². The SMILES string of the molecule is CC(C)CCCCCCCCCCCCCCCCCC(=O)O[C@H](COC(=O)CCCCCCCCCCCCCCC(C)C)COC(=O)CCCCCCCCCCC(C)C. The van der Waals surface area contributed by atoms with E-state index in [-0.39, 0.29) is 31.1 Å². The second-order valence-corrected chi connectivity index (χ2v) is 20.6. The molecule has 0 N–H and O–H groups in total. The summed E-state index contributed by atoms with van der Waals surface area (Å²) < 4.78 is 16.8. The second-order valence-electron chi connectivity index (χ2n) is 20.6. The van der Waals surface area contributed by atoms with Gasteiger partial charge in [-0.1, -0.05) is 266 Å². The fourth-order valence-corrected chi connectivity index (χ4v) is 8.47. The van der Waals surface area contributed by atoms with E-state index in [1.165, 1.54) is 186 Å². The van der Waals surface area contributed by atoms with Crippen LogP contribution in [-0.4, -0.2) is 37.2 Å². The number of hydrogen-bond donors (Lipinski definition) is 0. The van der Waals surface area contributed by atoms with E-state index in [9.17, 15) is 14.4 Å². The topological polar surface area (TPSA) is 78.9 Å². The van der Waals surface area contributed by atoms with Gasteiger partial charge in [-0.15, -0.1) is 0 Å². The Balaban J connectivity index is 4.28. The highest BCUT2D eigenvalue weighted by Crippen LogP contribution is 2.18. The van der Waals surface area contributed by atoms with Crippen LogP contribution in [-0.2, 0) is 28.6 Å². The first-order valence-electron chi connectivity index (χ1n) is 27.6. The van der Waals surface area contributed by atoms with Gasteiger partial charge in [-0.2, -0.15) is 0 Å². The van der Waals surface area contributed by atoms with Gasteiger partial charge < -0.3 is 14.2 Å². The molecule has 0 rings (SSSR count). The molecule has 6 nitrogen and oxygen atoms in total. The van der Waals surface area contributed by atoms with Crippen molar-refractivity contribution in [2.24, 2.45) is 17.8 Å². The van der Waals surface area contributed by atoms with Crippen molar-refractivity contribution in [2.75, 3.05) is 13.2 Å². The van der Waals surface area contributed by atoms with Crippen LogP contribution >= 0.6 is 0 Å². The average molecular weight is 877 g/mol. The van der Waals surface area contributed by atoms with Crippen molar-refractivity contribution in [3.63, 3.8) is 0 Å². The smallest absolute Gasteiger partial charge is 0.306 e. The molecule has 0 aliphatic heterocycles. The molecule has 0 unspecified atom stereocenters. The minimum absolute atomic E-state index is 0.0643. The normalized spacial score (nSPS) is 12.1. The predicted octanol–water partition coefficient (Wildman–Crippen LogP) is 17.9. The minimum atomic E-state index is -0.763. The Kier molecular flexibility index (Phi) is 46.2. The van der Waals surface area contributed by atoms with Crippen LogP contribution in [0.3, 0.4) is 0 Å². The minimum Gasteiger partial charge on any atom is -0.462 e. The van der Waals surface area contributed by atoms with Gasteiger partial charge in [0.1, 0.15) is 13.2 Å². The van der Waals surface area contributed by atoms with Gasteiger partial charge >= 0.3 is 17.9 Å². The van der Waals surface area contributed by atoms with Gasteiger partial charge in [-0.25, -0.2) is 0 Å². The molecule has 0 aromatic carbocycles. The van der Waals surface area contributed by atoms with Crippen molar-refractivity contribution in [2.45, 2.75) is 311 Å². The highest BCUT2D eigenvalue weighted by Gasteiger charge is 2.19. The summed E-state index contributed by atoms with van der Waals surface area (Å²) in [6.07, 6.45) is 48.1. The van der Waals surface area contributed by atoms with Crippen molar-refractivity contribution in [3.05, 3.63) is 0 Å². The summed E-state index contributed by atoms with van der Waals surface area (Å²) in [6.45, 7) is 13.7. The van der Waals surface area contributed by atoms with Crippen molar-refractivity contribution < 1.29 is 28.6 Å². The Morgan fingerprint density at radius 2 is 0.468 bits per heavy atom. The molecule has 1 atom stereocenters. The van der Waals surface area contributed by atoms with Crippen LogP contribution in [0, 0.1) is 17.8 Å². The molecule has 0 aromatic rings. The summed E-state index contributed by atoms with van der Waals surface area (Å²) in [5, 5.41) is 0. The van der Waals surface area contributed by atoms with Crippen LogP contribution < -0.4 is 0 Å². The van der Waals surface area contributed by atoms with Gasteiger partial charge in [0.25, 0.3) is 0 Å². The predicted molar refractivity (Wildman–Crippen MR) is 266 cm³/mol. The molecular formula is C56H108O6. The van der Waals surface area contributed by atoms with Gasteiger partial charge in [0, 0.05) is 19.3 Å². The van der Waals surface area contributed by atoms with Crippen LogP contribution in [0.25, 0.3) is 0 Å². The maximum atomic E-state index is 12.8. The van der Waals surface area contributed by atoms with Gasteiger partial charge in [0.2, 0.25) is 0 Å². The van der Waals surface area contributed by atoms with E-state index in [1.54, 1.807) is 0 Å². The van der Waals surface area contributed by atoms with E-state index >= 15 is 0 Å². The van der Waals surface area contributed by atoms with Crippen molar-refractivity contribution in [1.29, 1.82) is 0 Å². The summed E-state index contributed by atoms with van der Waals surface area (Å²) in [5.41, 5.74) is 0. The average Bonchev–Trinajstić information content (AvgIpc) is 3.23. The molecule has 0 amide bonds. The maximum Gasteiger partial charge on any atom is 0.306 e. The Labute approximate surface area is 387 Å². The standard InChI is InChI=1S/C56H108O6/c1-50(2)42-36-30-24-18-14-10-8-7-9-11-17-21-29-35-41-47-56(59)62-53(49-61-55(58)46-40-34-28-23-22-26-32-38-44-52(5)6)48-60-54(57)45-39-33-27-20-16-13-12-15-19-25-31-37-43-51(3)4/h50-53H,7-49H2,1-6H3/t53-/m1/s1. The maximum absolute atomic E-state index is 12.8. The summed E-state index contributed by atoms with van der Waals surface area (Å²) in [4.78, 5) is 38.0. The molecule has 0 aliphatic carbocycles. The molecule has 368 valence electrons. The molecule has 0 aromatic heterocycles. The lowest BCUT2D eigenvalue weighted by Crippen LogP contribution is -2.30. The third kappa shape index (κ3) is 49.4. The Morgan fingerprint density at radius 3 is 0.694 bits per heavy atom. The van der Waals surface area contributed by atoms with Crippen molar-refractivity contribution in [3.8, 4) is 0 Å². The lowest BCUT2D eigenvalue weighted by molar-refractivity contribution is -0.167. The molecule has 0 heterocycles. The zero-order valence-electron chi connectivity index (χ0n) is 42.7. The fraction of sp³-hybridized carbons (Fsp3) is 0.946. The number of hydrogen-bond acceptors (Lipinski definition) is 6. The molecular weight excluding hydrogens is 769 g/mol. The summed E-state index contributed by atoms with van der Waals surface area (Å²) >= 11 is 0. The van der Waals surface area contributed by atoms with Gasteiger partial charge in [0.15, 0.2) is 6.10 Å². The Hall–Kier alpha value is -1.59.